The van der Waals surface area contributed by atoms with Crippen LogP contribution in [0.1, 0.15) is 6.92 Å². The fourth-order valence-electron chi connectivity index (χ4n) is 1.19. The molecule has 0 unspecified atom stereocenters. The zero-order chi connectivity index (χ0) is 13.1. The van der Waals surface area contributed by atoms with Gasteiger partial charge in [-0.1, -0.05) is 0 Å². The molecule has 6 heteroatoms. The Morgan fingerprint density at radius 2 is 1.82 bits per heavy atom. The normalized spacial score (nSPS) is 11.2. The maximum Gasteiger partial charge on any atom is 0.219 e. The van der Waals surface area contributed by atoms with Gasteiger partial charge in [0, 0.05) is 20.5 Å². The van der Waals surface area contributed by atoms with E-state index < -0.39 is 9.84 Å². The van der Waals surface area contributed by atoms with Crippen LogP contribution in [0.25, 0.3) is 0 Å². The van der Waals surface area contributed by atoms with Crippen molar-refractivity contribution in [2.45, 2.75) is 11.8 Å². The number of sulfone groups is 1. The molecule has 17 heavy (non-hydrogen) atoms. The summed E-state index contributed by atoms with van der Waals surface area (Å²) in [7, 11) is -1.86. The Bertz CT molecular complexity index is 493. The third kappa shape index (κ3) is 3.74. The first kappa shape index (κ1) is 13.5. The van der Waals surface area contributed by atoms with Crippen molar-refractivity contribution in [1.29, 1.82) is 0 Å². The van der Waals surface area contributed by atoms with Gasteiger partial charge in [0.15, 0.2) is 9.84 Å². The smallest absolute Gasteiger partial charge is 0.219 e. The molecule has 0 aliphatic rings. The van der Waals surface area contributed by atoms with Crippen molar-refractivity contribution >= 4 is 15.7 Å². The van der Waals surface area contributed by atoms with Gasteiger partial charge in [0.1, 0.15) is 5.75 Å². The number of aromatic hydroxyl groups is 1. The van der Waals surface area contributed by atoms with Crippen molar-refractivity contribution in [3.63, 3.8) is 0 Å². The van der Waals surface area contributed by atoms with E-state index in [0.29, 0.717) is 0 Å². The molecule has 0 bridgehead atoms. The molecule has 0 aliphatic heterocycles. The van der Waals surface area contributed by atoms with Crippen LogP contribution in [-0.4, -0.2) is 43.7 Å². The molecule has 1 rings (SSSR count). The summed E-state index contributed by atoms with van der Waals surface area (Å²) in [6.07, 6.45) is 0. The SMILES string of the molecule is CC(=O)N(C)CCS(=O)(=O)c1ccc(O)cc1. The van der Waals surface area contributed by atoms with Crippen LogP contribution >= 0.6 is 0 Å². The maximum absolute atomic E-state index is 11.9. The highest BCUT2D eigenvalue weighted by molar-refractivity contribution is 7.91. The van der Waals surface area contributed by atoms with Crippen molar-refractivity contribution in [3.8, 4) is 5.75 Å². The highest BCUT2D eigenvalue weighted by Gasteiger charge is 2.15. The standard InChI is InChI=1S/C11H15NO4S/c1-9(13)12(2)7-8-17(15,16)11-5-3-10(14)4-6-11/h3-6,14H,7-8H2,1-2H3. The molecular formula is C11H15NO4S. The number of phenols is 1. The number of phenolic OH excluding ortho intramolecular Hbond substituents is 1. The second-order valence-electron chi connectivity index (χ2n) is 3.75. The number of carbonyl (C=O) groups is 1. The van der Waals surface area contributed by atoms with Crippen molar-refractivity contribution < 1.29 is 18.3 Å². The van der Waals surface area contributed by atoms with Crippen LogP contribution < -0.4 is 0 Å². The lowest BCUT2D eigenvalue weighted by molar-refractivity contribution is -0.127. The number of hydrogen-bond donors (Lipinski definition) is 1. The lowest BCUT2D eigenvalue weighted by Gasteiger charge is -2.14. The second-order valence-corrected chi connectivity index (χ2v) is 5.86. The van der Waals surface area contributed by atoms with Crippen molar-refractivity contribution in [1.82, 2.24) is 4.90 Å². The van der Waals surface area contributed by atoms with Gasteiger partial charge < -0.3 is 10.0 Å². The first-order valence-corrected chi connectivity index (χ1v) is 6.71. The lowest BCUT2D eigenvalue weighted by Crippen LogP contribution is -2.29. The average Bonchev–Trinajstić information content (AvgIpc) is 2.26. The third-order valence-corrected chi connectivity index (χ3v) is 4.14. The summed E-state index contributed by atoms with van der Waals surface area (Å²) >= 11 is 0. The molecule has 0 saturated heterocycles. The topological polar surface area (TPSA) is 74.7 Å². The van der Waals surface area contributed by atoms with Crippen LogP contribution in [0.15, 0.2) is 29.2 Å². The van der Waals surface area contributed by atoms with E-state index >= 15 is 0 Å². The van der Waals surface area contributed by atoms with E-state index in [4.69, 9.17) is 5.11 Å². The molecule has 5 nitrogen and oxygen atoms in total. The fourth-order valence-corrected chi connectivity index (χ4v) is 2.49. The maximum atomic E-state index is 11.9. The van der Waals surface area contributed by atoms with E-state index in [9.17, 15) is 13.2 Å². The van der Waals surface area contributed by atoms with Crippen LogP contribution in [0, 0.1) is 0 Å². The van der Waals surface area contributed by atoms with Gasteiger partial charge in [-0.05, 0) is 24.3 Å². The summed E-state index contributed by atoms with van der Waals surface area (Å²) in [6, 6.07) is 5.33. The number of rotatable bonds is 4. The molecule has 0 atom stereocenters. The zero-order valence-corrected chi connectivity index (χ0v) is 10.6. The van der Waals surface area contributed by atoms with Crippen molar-refractivity contribution in [2.24, 2.45) is 0 Å². The van der Waals surface area contributed by atoms with Crippen LogP contribution in [-0.2, 0) is 14.6 Å². The number of hydrogen-bond acceptors (Lipinski definition) is 4. The first-order chi connectivity index (χ1) is 7.83. The van der Waals surface area contributed by atoms with Gasteiger partial charge in [0.25, 0.3) is 0 Å². The van der Waals surface area contributed by atoms with Gasteiger partial charge in [-0.2, -0.15) is 0 Å². The molecule has 0 radical (unpaired) electrons. The lowest BCUT2D eigenvalue weighted by atomic mass is 10.3. The van der Waals surface area contributed by atoms with Gasteiger partial charge in [-0.25, -0.2) is 8.42 Å². The zero-order valence-electron chi connectivity index (χ0n) is 9.75. The minimum Gasteiger partial charge on any atom is -0.508 e. The largest absolute Gasteiger partial charge is 0.508 e. The number of carbonyl (C=O) groups excluding carboxylic acids is 1. The molecule has 0 saturated carbocycles. The summed E-state index contributed by atoms with van der Waals surface area (Å²) < 4.78 is 23.7. The molecule has 0 aliphatic carbocycles. The van der Waals surface area contributed by atoms with E-state index in [2.05, 4.69) is 0 Å². The quantitative estimate of drug-likeness (QED) is 0.859. The molecule has 1 amide bonds. The fraction of sp³-hybridized carbons (Fsp3) is 0.364. The highest BCUT2D eigenvalue weighted by atomic mass is 32.2. The van der Waals surface area contributed by atoms with E-state index in [1.807, 2.05) is 0 Å². The number of nitrogens with zero attached hydrogens (tertiary/aromatic N) is 1. The summed E-state index contributed by atoms with van der Waals surface area (Å²) in [5.41, 5.74) is 0. The second kappa shape index (κ2) is 5.18. The molecule has 1 aromatic rings. The molecule has 1 N–H and O–H groups in total. The molecule has 94 valence electrons. The van der Waals surface area contributed by atoms with Crippen LogP contribution in [0.3, 0.4) is 0 Å². The van der Waals surface area contributed by atoms with E-state index in [1.165, 1.54) is 36.1 Å². The predicted octanol–water partition coefficient (Wildman–Crippen LogP) is 0.644. The van der Waals surface area contributed by atoms with Gasteiger partial charge in [-0.3, -0.25) is 4.79 Å². The van der Waals surface area contributed by atoms with Gasteiger partial charge in [-0.15, -0.1) is 0 Å². The van der Waals surface area contributed by atoms with Crippen LogP contribution in [0.2, 0.25) is 0 Å². The Morgan fingerprint density at radius 3 is 2.29 bits per heavy atom. The Balaban J connectivity index is 2.76. The van der Waals surface area contributed by atoms with Gasteiger partial charge in [0.05, 0.1) is 10.6 Å². The van der Waals surface area contributed by atoms with Crippen molar-refractivity contribution in [2.75, 3.05) is 19.3 Å². The average molecular weight is 257 g/mol. The highest BCUT2D eigenvalue weighted by Crippen LogP contribution is 2.15. The monoisotopic (exact) mass is 257 g/mol. The Hall–Kier alpha value is -1.56. The minimum absolute atomic E-state index is 0.0183. The van der Waals surface area contributed by atoms with E-state index in [0.717, 1.165) is 0 Å². The Labute approximate surface area is 101 Å². The summed E-state index contributed by atoms with van der Waals surface area (Å²) in [5, 5.41) is 9.07. The Morgan fingerprint density at radius 1 is 1.29 bits per heavy atom. The minimum atomic E-state index is -3.41. The number of amides is 1. The molecule has 0 fully saturated rings. The molecule has 0 spiro atoms. The third-order valence-electron chi connectivity index (χ3n) is 2.43. The van der Waals surface area contributed by atoms with E-state index in [1.54, 1.807) is 7.05 Å². The van der Waals surface area contributed by atoms with Crippen molar-refractivity contribution in [3.05, 3.63) is 24.3 Å². The first-order valence-electron chi connectivity index (χ1n) is 5.06. The van der Waals surface area contributed by atoms with Crippen LogP contribution in [0.4, 0.5) is 0 Å². The molecular weight excluding hydrogens is 242 g/mol. The molecule has 1 aromatic carbocycles. The van der Waals surface area contributed by atoms with Crippen LogP contribution in [0.5, 0.6) is 5.75 Å². The summed E-state index contributed by atoms with van der Waals surface area (Å²) in [6.45, 7) is 1.53. The molecule has 0 heterocycles. The predicted molar refractivity (Wildman–Crippen MR) is 63.5 cm³/mol. The number of benzene rings is 1. The Kier molecular flexibility index (Phi) is 4.11. The summed E-state index contributed by atoms with van der Waals surface area (Å²) in [4.78, 5) is 12.4. The summed E-state index contributed by atoms with van der Waals surface area (Å²) in [5.74, 6) is -0.288. The van der Waals surface area contributed by atoms with E-state index in [-0.39, 0.29) is 28.8 Å². The molecule has 0 aromatic heterocycles. The van der Waals surface area contributed by atoms with Gasteiger partial charge >= 0.3 is 0 Å². The van der Waals surface area contributed by atoms with Gasteiger partial charge in [0.2, 0.25) is 5.91 Å².